The Balaban J connectivity index is 1.26. The van der Waals surface area contributed by atoms with Gasteiger partial charge in [-0.15, -0.1) is 0 Å². The van der Waals surface area contributed by atoms with Crippen molar-refractivity contribution in [3.05, 3.63) is 29.5 Å². The Morgan fingerprint density at radius 2 is 1.71 bits per heavy atom. The number of fused-ring (bicyclic) bond motifs is 1. The molecular weight excluding hydrogens is 459 g/mol. The minimum atomic E-state index is -4.51. The standard InChI is InChI=1S/C21H23F5N8/c1-12-18-19(34(31-12)9-15(22)23)30-17(8-27-18)32-5-3-20(4-6-32)10-33(11-20)16-7-14(21(24,25)26)28-13(2)29-16/h7-8,15H,3-6,9-11H2,1-2H3. The summed E-state index contributed by atoms with van der Waals surface area (Å²) in [7, 11) is 0. The molecule has 3 aromatic rings. The molecule has 2 aliphatic heterocycles. The summed E-state index contributed by atoms with van der Waals surface area (Å²) < 4.78 is 66.3. The molecule has 0 unspecified atom stereocenters. The molecule has 3 aromatic heterocycles. The molecule has 13 heteroatoms. The molecule has 182 valence electrons. The van der Waals surface area contributed by atoms with Crippen LogP contribution in [0.5, 0.6) is 0 Å². The second-order valence-corrected chi connectivity index (χ2v) is 9.06. The van der Waals surface area contributed by atoms with Gasteiger partial charge in [0.15, 0.2) is 5.65 Å². The molecule has 5 heterocycles. The van der Waals surface area contributed by atoms with Gasteiger partial charge >= 0.3 is 6.18 Å². The first kappa shape index (κ1) is 22.7. The van der Waals surface area contributed by atoms with E-state index in [4.69, 9.17) is 0 Å². The fourth-order valence-corrected chi connectivity index (χ4v) is 4.80. The molecule has 0 saturated carbocycles. The lowest BCUT2D eigenvalue weighted by atomic mass is 9.72. The number of rotatable bonds is 4. The summed E-state index contributed by atoms with van der Waals surface area (Å²) in [4.78, 5) is 20.6. The fraction of sp³-hybridized carbons (Fsp3) is 0.571. The van der Waals surface area contributed by atoms with Crippen molar-refractivity contribution in [1.82, 2.24) is 29.7 Å². The number of hydrogen-bond acceptors (Lipinski definition) is 7. The number of aromatic nitrogens is 6. The van der Waals surface area contributed by atoms with Gasteiger partial charge in [-0.25, -0.2) is 33.4 Å². The van der Waals surface area contributed by atoms with E-state index in [1.807, 2.05) is 4.90 Å². The Bertz CT molecular complexity index is 1210. The molecule has 5 rings (SSSR count). The molecule has 0 aliphatic carbocycles. The number of alkyl halides is 5. The third-order valence-electron chi connectivity index (χ3n) is 6.55. The van der Waals surface area contributed by atoms with Crippen molar-refractivity contribution in [2.24, 2.45) is 5.41 Å². The SMILES string of the molecule is Cc1nc(N2CC3(CCN(c4cnc5c(C)nn(CC(F)F)c5n4)CC3)C2)cc(C(F)(F)F)n1. The average molecular weight is 482 g/mol. The summed E-state index contributed by atoms with van der Waals surface area (Å²) in [5.74, 6) is 0.998. The van der Waals surface area contributed by atoms with Gasteiger partial charge in [-0.3, -0.25) is 0 Å². The van der Waals surface area contributed by atoms with Crippen LogP contribution in [0, 0.1) is 19.3 Å². The Hall–Kier alpha value is -3.12. The molecule has 34 heavy (non-hydrogen) atoms. The summed E-state index contributed by atoms with van der Waals surface area (Å²) in [6.07, 6.45) is -3.77. The number of hydrogen-bond donors (Lipinski definition) is 0. The van der Waals surface area contributed by atoms with E-state index in [2.05, 4.69) is 29.9 Å². The third-order valence-corrected chi connectivity index (χ3v) is 6.55. The van der Waals surface area contributed by atoms with Gasteiger partial charge in [0.2, 0.25) is 0 Å². The van der Waals surface area contributed by atoms with E-state index >= 15 is 0 Å². The van der Waals surface area contributed by atoms with Crippen molar-refractivity contribution < 1.29 is 22.0 Å². The van der Waals surface area contributed by atoms with Crippen LogP contribution in [0.3, 0.4) is 0 Å². The molecule has 1 spiro atoms. The first-order valence-corrected chi connectivity index (χ1v) is 10.9. The van der Waals surface area contributed by atoms with Crippen LogP contribution in [0.15, 0.2) is 12.3 Å². The number of halogens is 5. The van der Waals surface area contributed by atoms with Crippen LogP contribution >= 0.6 is 0 Å². The molecule has 0 N–H and O–H groups in total. The normalized spacial score (nSPS) is 18.2. The predicted molar refractivity (Wildman–Crippen MR) is 114 cm³/mol. The minimum absolute atomic E-state index is 0.000677. The van der Waals surface area contributed by atoms with Crippen molar-refractivity contribution in [1.29, 1.82) is 0 Å². The molecule has 2 aliphatic rings. The Morgan fingerprint density at radius 1 is 1.00 bits per heavy atom. The zero-order valence-electron chi connectivity index (χ0n) is 18.6. The first-order chi connectivity index (χ1) is 16.0. The van der Waals surface area contributed by atoms with E-state index in [0.717, 1.165) is 18.9 Å². The highest BCUT2D eigenvalue weighted by Gasteiger charge is 2.46. The van der Waals surface area contributed by atoms with Gasteiger partial charge in [0.25, 0.3) is 6.43 Å². The minimum Gasteiger partial charge on any atom is -0.355 e. The maximum atomic E-state index is 13.1. The van der Waals surface area contributed by atoms with E-state index in [-0.39, 0.29) is 11.2 Å². The highest BCUT2D eigenvalue weighted by atomic mass is 19.4. The summed E-state index contributed by atoms with van der Waals surface area (Å²) in [5, 5.41) is 4.13. The van der Waals surface area contributed by atoms with Gasteiger partial charge < -0.3 is 9.80 Å². The number of aryl methyl sites for hydroxylation is 2. The average Bonchev–Trinajstić information content (AvgIpc) is 3.05. The van der Waals surface area contributed by atoms with Crippen molar-refractivity contribution in [3.8, 4) is 0 Å². The highest BCUT2D eigenvalue weighted by molar-refractivity contribution is 5.74. The van der Waals surface area contributed by atoms with E-state index in [1.165, 1.54) is 11.6 Å². The van der Waals surface area contributed by atoms with Gasteiger partial charge in [-0.05, 0) is 26.7 Å². The molecule has 8 nitrogen and oxygen atoms in total. The zero-order valence-corrected chi connectivity index (χ0v) is 18.6. The van der Waals surface area contributed by atoms with Crippen LogP contribution in [0.25, 0.3) is 11.2 Å². The summed E-state index contributed by atoms with van der Waals surface area (Å²) in [5.41, 5.74) is 0.465. The summed E-state index contributed by atoms with van der Waals surface area (Å²) >= 11 is 0. The molecule has 0 radical (unpaired) electrons. The lowest BCUT2D eigenvalue weighted by Gasteiger charge is -2.54. The van der Waals surface area contributed by atoms with Gasteiger partial charge in [-0.2, -0.15) is 18.3 Å². The number of anilines is 2. The monoisotopic (exact) mass is 482 g/mol. The van der Waals surface area contributed by atoms with Crippen molar-refractivity contribution in [2.75, 3.05) is 36.0 Å². The van der Waals surface area contributed by atoms with Crippen LogP contribution in [0.4, 0.5) is 33.6 Å². The van der Waals surface area contributed by atoms with E-state index in [1.54, 1.807) is 13.1 Å². The Labute approximate surface area is 191 Å². The molecule has 0 bridgehead atoms. The quantitative estimate of drug-likeness (QED) is 0.526. The maximum absolute atomic E-state index is 13.1. The van der Waals surface area contributed by atoms with Gasteiger partial charge in [0.05, 0.1) is 11.9 Å². The van der Waals surface area contributed by atoms with Crippen molar-refractivity contribution in [2.45, 2.75) is 45.8 Å². The van der Waals surface area contributed by atoms with E-state index in [0.29, 0.717) is 54.7 Å². The lowest BCUT2D eigenvalue weighted by Crippen LogP contribution is -2.61. The van der Waals surface area contributed by atoms with Gasteiger partial charge in [-0.1, -0.05) is 0 Å². The maximum Gasteiger partial charge on any atom is 0.433 e. The largest absolute Gasteiger partial charge is 0.433 e. The fourth-order valence-electron chi connectivity index (χ4n) is 4.80. The van der Waals surface area contributed by atoms with Crippen LogP contribution in [0.2, 0.25) is 0 Å². The molecular formula is C21H23F5N8. The summed E-state index contributed by atoms with van der Waals surface area (Å²) in [6.45, 7) is 5.25. The third kappa shape index (κ3) is 4.11. The smallest absolute Gasteiger partial charge is 0.355 e. The molecule has 2 fully saturated rings. The lowest BCUT2D eigenvalue weighted by molar-refractivity contribution is -0.141. The zero-order chi connectivity index (χ0) is 24.3. The summed E-state index contributed by atoms with van der Waals surface area (Å²) in [6, 6.07) is 1.00. The molecule has 0 amide bonds. The first-order valence-electron chi connectivity index (χ1n) is 10.9. The molecule has 2 saturated heterocycles. The predicted octanol–water partition coefficient (Wildman–Crippen LogP) is 3.62. The van der Waals surface area contributed by atoms with Crippen molar-refractivity contribution >= 4 is 22.8 Å². The Morgan fingerprint density at radius 3 is 2.35 bits per heavy atom. The van der Waals surface area contributed by atoms with E-state index < -0.39 is 24.8 Å². The second-order valence-electron chi connectivity index (χ2n) is 9.06. The van der Waals surface area contributed by atoms with Crippen molar-refractivity contribution in [3.63, 3.8) is 0 Å². The van der Waals surface area contributed by atoms with Gasteiger partial charge in [0.1, 0.15) is 35.2 Å². The second kappa shape index (κ2) is 7.98. The van der Waals surface area contributed by atoms with Crippen LogP contribution < -0.4 is 9.80 Å². The van der Waals surface area contributed by atoms with Gasteiger partial charge in [0, 0.05) is 37.7 Å². The van der Waals surface area contributed by atoms with Crippen LogP contribution in [0.1, 0.15) is 30.1 Å². The number of piperidine rings is 1. The topological polar surface area (TPSA) is 75.9 Å². The van der Waals surface area contributed by atoms with Crippen LogP contribution in [-0.2, 0) is 12.7 Å². The molecule has 0 atom stereocenters. The van der Waals surface area contributed by atoms with E-state index in [9.17, 15) is 22.0 Å². The molecule has 0 aromatic carbocycles. The highest BCUT2D eigenvalue weighted by Crippen LogP contribution is 2.43. The van der Waals surface area contributed by atoms with Crippen LogP contribution in [-0.4, -0.2) is 62.3 Å². The Kier molecular flexibility index (Phi) is 5.32. The number of nitrogens with zero attached hydrogens (tertiary/aromatic N) is 8.